The predicted octanol–water partition coefficient (Wildman–Crippen LogP) is 4.44. The Balaban J connectivity index is 1.68. The molecule has 2 aromatic heterocycles. The van der Waals surface area contributed by atoms with Crippen LogP contribution < -0.4 is 10.1 Å². The molecule has 0 aliphatic carbocycles. The van der Waals surface area contributed by atoms with Crippen LogP contribution in [-0.2, 0) is 10.0 Å². The maximum Gasteiger partial charge on any atom is 0.266 e. The van der Waals surface area contributed by atoms with E-state index in [9.17, 15) is 13.2 Å². The van der Waals surface area contributed by atoms with Gasteiger partial charge in [0.15, 0.2) is 0 Å². The molecule has 8 nitrogen and oxygen atoms in total. The summed E-state index contributed by atoms with van der Waals surface area (Å²) in [6.07, 6.45) is 3.78. The number of aryl methyl sites for hydroxylation is 3. The number of thiophene rings is 1. The topological polar surface area (TPSA) is 101 Å². The average molecular weight is 489 g/mol. The van der Waals surface area contributed by atoms with E-state index in [4.69, 9.17) is 4.74 Å². The highest BCUT2D eigenvalue weighted by Gasteiger charge is 2.27. The van der Waals surface area contributed by atoms with Gasteiger partial charge in [0.05, 0.1) is 22.6 Å². The molecule has 0 radical (unpaired) electrons. The van der Waals surface area contributed by atoms with Gasteiger partial charge in [-0.2, -0.15) is 4.31 Å². The van der Waals surface area contributed by atoms with Crippen molar-refractivity contribution in [3.8, 4) is 5.75 Å². The van der Waals surface area contributed by atoms with E-state index < -0.39 is 10.0 Å². The quantitative estimate of drug-likeness (QED) is 0.570. The van der Waals surface area contributed by atoms with Gasteiger partial charge in [0.25, 0.3) is 5.91 Å². The minimum Gasteiger partial charge on any atom is -0.495 e. The summed E-state index contributed by atoms with van der Waals surface area (Å²) in [6, 6.07) is 4.59. The number of hydrogen-bond acceptors (Lipinski definition) is 7. The van der Waals surface area contributed by atoms with Gasteiger partial charge in [0.2, 0.25) is 10.0 Å². The summed E-state index contributed by atoms with van der Waals surface area (Å²) < 4.78 is 33.4. The number of aromatic nitrogens is 2. The largest absolute Gasteiger partial charge is 0.495 e. The highest BCUT2D eigenvalue weighted by Crippen LogP contribution is 2.34. The normalized spacial score (nSPS) is 15.4. The smallest absolute Gasteiger partial charge is 0.266 e. The molecule has 0 spiro atoms. The number of hydrogen-bond donors (Lipinski definition) is 1. The Morgan fingerprint density at radius 2 is 1.79 bits per heavy atom. The number of carbonyl (C=O) groups is 1. The molecule has 0 unspecified atom stereocenters. The van der Waals surface area contributed by atoms with Crippen molar-refractivity contribution in [3.05, 3.63) is 40.2 Å². The molecule has 3 heterocycles. The molecule has 1 aliphatic heterocycles. The number of anilines is 1. The fraction of sp³-hybridized carbons (Fsp3) is 0.435. The van der Waals surface area contributed by atoms with Gasteiger partial charge in [-0.3, -0.25) is 4.79 Å². The van der Waals surface area contributed by atoms with Gasteiger partial charge in [-0.1, -0.05) is 12.8 Å². The minimum absolute atomic E-state index is 0.144. The molecule has 3 aromatic rings. The van der Waals surface area contributed by atoms with Crippen LogP contribution in [0.5, 0.6) is 5.75 Å². The van der Waals surface area contributed by atoms with Crippen LogP contribution >= 0.6 is 11.3 Å². The summed E-state index contributed by atoms with van der Waals surface area (Å²) in [4.78, 5) is 23.5. The highest BCUT2D eigenvalue weighted by atomic mass is 32.2. The molecular weight excluding hydrogens is 460 g/mol. The lowest BCUT2D eigenvalue weighted by molar-refractivity contribution is 0.102. The molecule has 1 N–H and O–H groups in total. The molecule has 0 atom stereocenters. The second-order valence-electron chi connectivity index (χ2n) is 8.23. The summed E-state index contributed by atoms with van der Waals surface area (Å²) in [5.41, 5.74) is 1.94. The first-order valence-corrected chi connectivity index (χ1v) is 13.2. The van der Waals surface area contributed by atoms with Crippen molar-refractivity contribution in [2.45, 2.75) is 51.3 Å². The second kappa shape index (κ2) is 9.36. The fourth-order valence-corrected chi connectivity index (χ4v) is 6.96. The molecule has 1 fully saturated rings. The monoisotopic (exact) mass is 488 g/mol. The van der Waals surface area contributed by atoms with Crippen LogP contribution in [0, 0.1) is 20.8 Å². The van der Waals surface area contributed by atoms with E-state index in [0.29, 0.717) is 35.2 Å². The average Bonchev–Trinajstić information content (AvgIpc) is 2.94. The van der Waals surface area contributed by atoms with E-state index in [1.54, 1.807) is 6.07 Å². The van der Waals surface area contributed by atoms with Gasteiger partial charge < -0.3 is 10.1 Å². The number of sulfonamides is 1. The minimum atomic E-state index is -3.66. The van der Waals surface area contributed by atoms with E-state index in [0.717, 1.165) is 47.2 Å². The number of amides is 1. The lowest BCUT2D eigenvalue weighted by atomic mass is 10.1. The van der Waals surface area contributed by atoms with E-state index in [2.05, 4.69) is 15.3 Å². The van der Waals surface area contributed by atoms with Crippen LogP contribution in [0.3, 0.4) is 0 Å². The van der Waals surface area contributed by atoms with Crippen molar-refractivity contribution in [2.75, 3.05) is 25.5 Å². The third-order valence-electron chi connectivity index (χ3n) is 5.91. The summed E-state index contributed by atoms with van der Waals surface area (Å²) >= 11 is 1.30. The Morgan fingerprint density at radius 3 is 2.45 bits per heavy atom. The number of rotatable bonds is 5. The Morgan fingerprint density at radius 1 is 1.09 bits per heavy atom. The van der Waals surface area contributed by atoms with Gasteiger partial charge in [-0.15, -0.1) is 11.3 Å². The molecular formula is C23H28N4O4S2. The first-order valence-electron chi connectivity index (χ1n) is 11.0. The van der Waals surface area contributed by atoms with Crippen LogP contribution in [-0.4, -0.2) is 48.8 Å². The van der Waals surface area contributed by atoms with Crippen molar-refractivity contribution in [3.63, 3.8) is 0 Å². The van der Waals surface area contributed by atoms with Crippen LogP contribution in [0.4, 0.5) is 5.69 Å². The van der Waals surface area contributed by atoms with Crippen LogP contribution in [0.15, 0.2) is 23.1 Å². The number of methoxy groups -OCH3 is 1. The van der Waals surface area contributed by atoms with Crippen molar-refractivity contribution in [2.24, 2.45) is 0 Å². The molecule has 1 saturated heterocycles. The van der Waals surface area contributed by atoms with Gasteiger partial charge >= 0.3 is 0 Å². The van der Waals surface area contributed by atoms with Crippen LogP contribution in [0.2, 0.25) is 0 Å². The summed E-state index contributed by atoms with van der Waals surface area (Å²) in [5, 5.41) is 3.73. The summed E-state index contributed by atoms with van der Waals surface area (Å²) in [5.74, 6) is 0.709. The fourth-order valence-electron chi connectivity index (χ4n) is 4.25. The molecule has 176 valence electrons. The summed E-state index contributed by atoms with van der Waals surface area (Å²) in [6.45, 7) is 6.62. The Bertz CT molecular complexity index is 1310. The standard InChI is InChI=1S/C23H28N4O4S2/c1-14-20-15(2)24-16(3)25-23(20)32-21(14)22(28)26-18-13-17(9-10-19(18)31-4)33(29,30)27-11-7-5-6-8-12-27/h9-10,13H,5-8,11-12H2,1-4H3,(H,26,28). The molecule has 1 aliphatic rings. The number of carbonyl (C=O) groups excluding carboxylic acids is 1. The van der Waals surface area contributed by atoms with Crippen molar-refractivity contribution in [1.29, 1.82) is 0 Å². The molecule has 4 rings (SSSR count). The number of fused-ring (bicyclic) bond motifs is 1. The van der Waals surface area contributed by atoms with E-state index >= 15 is 0 Å². The van der Waals surface area contributed by atoms with Gasteiger partial charge in [0.1, 0.15) is 16.4 Å². The van der Waals surface area contributed by atoms with Crippen molar-refractivity contribution < 1.29 is 17.9 Å². The predicted molar refractivity (Wildman–Crippen MR) is 130 cm³/mol. The maximum absolute atomic E-state index is 13.2. The van der Waals surface area contributed by atoms with Crippen molar-refractivity contribution >= 4 is 43.2 Å². The Labute approximate surface area is 198 Å². The lowest BCUT2D eigenvalue weighted by Crippen LogP contribution is -2.32. The molecule has 0 saturated carbocycles. The van der Waals surface area contributed by atoms with Gasteiger partial charge in [0, 0.05) is 24.2 Å². The highest BCUT2D eigenvalue weighted by molar-refractivity contribution is 7.89. The number of benzene rings is 1. The van der Waals surface area contributed by atoms with E-state index in [1.807, 2.05) is 20.8 Å². The van der Waals surface area contributed by atoms with Gasteiger partial charge in [-0.05, 0) is 57.4 Å². The number of nitrogens with one attached hydrogen (secondary N) is 1. The van der Waals surface area contributed by atoms with Gasteiger partial charge in [-0.25, -0.2) is 18.4 Å². The molecule has 33 heavy (non-hydrogen) atoms. The lowest BCUT2D eigenvalue weighted by Gasteiger charge is -2.21. The Hall–Kier alpha value is -2.56. The Kier molecular flexibility index (Phi) is 6.69. The zero-order chi connectivity index (χ0) is 23.8. The van der Waals surface area contributed by atoms with Crippen LogP contribution in [0.25, 0.3) is 10.2 Å². The molecule has 1 aromatic carbocycles. The van der Waals surface area contributed by atoms with Crippen molar-refractivity contribution in [1.82, 2.24) is 14.3 Å². The van der Waals surface area contributed by atoms with E-state index in [1.165, 1.54) is 34.9 Å². The van der Waals surface area contributed by atoms with Crippen LogP contribution in [0.1, 0.15) is 52.4 Å². The second-order valence-corrected chi connectivity index (χ2v) is 11.2. The number of ether oxygens (including phenoxy) is 1. The third-order valence-corrected chi connectivity index (χ3v) is 8.99. The maximum atomic E-state index is 13.2. The summed E-state index contributed by atoms with van der Waals surface area (Å²) in [7, 11) is -2.18. The molecule has 10 heteroatoms. The molecule has 1 amide bonds. The molecule has 0 bridgehead atoms. The first kappa shape index (κ1) is 23.6. The SMILES string of the molecule is COc1ccc(S(=O)(=O)N2CCCCCC2)cc1NC(=O)c1sc2nc(C)nc(C)c2c1C. The number of nitrogens with zero attached hydrogens (tertiary/aromatic N) is 3. The third kappa shape index (κ3) is 4.60. The first-order chi connectivity index (χ1) is 15.7. The zero-order valence-corrected chi connectivity index (χ0v) is 20.9. The zero-order valence-electron chi connectivity index (χ0n) is 19.3. The van der Waals surface area contributed by atoms with E-state index in [-0.39, 0.29) is 10.8 Å².